The van der Waals surface area contributed by atoms with Crippen LogP contribution in [0.5, 0.6) is 0 Å². The summed E-state index contributed by atoms with van der Waals surface area (Å²) in [4.78, 5) is 6.10. The third-order valence-corrected chi connectivity index (χ3v) is 2.64. The molecule has 80 valence electrons. The fraction of sp³-hybridized carbons (Fsp3) is 0.800. The molecule has 0 aromatic heterocycles. The number of nitrogens with one attached hydrogen (secondary N) is 1. The lowest BCUT2D eigenvalue weighted by Gasteiger charge is -2.31. The Labute approximate surface area is 85.7 Å². The summed E-state index contributed by atoms with van der Waals surface area (Å²) in [7, 11) is 0. The minimum atomic E-state index is 0.405. The van der Waals surface area contributed by atoms with Crippen LogP contribution in [0.1, 0.15) is 26.2 Å². The molecule has 0 spiro atoms. The summed E-state index contributed by atoms with van der Waals surface area (Å²) in [6.07, 6.45) is 4.88. The largest absolute Gasteiger partial charge is 0.341 e. The van der Waals surface area contributed by atoms with Gasteiger partial charge in [0.1, 0.15) is 0 Å². The molecular formula is C10H20N4. The highest BCUT2D eigenvalue weighted by Crippen LogP contribution is 2.15. The molecule has 1 rings (SSSR count). The molecule has 1 heterocycles. The van der Waals surface area contributed by atoms with E-state index in [0.29, 0.717) is 11.9 Å². The first-order valence-electron chi connectivity index (χ1n) is 5.34. The number of hydrogen-bond acceptors (Lipinski definition) is 2. The van der Waals surface area contributed by atoms with Crippen LogP contribution in [-0.4, -0.2) is 36.7 Å². The van der Waals surface area contributed by atoms with Gasteiger partial charge in [0, 0.05) is 19.3 Å². The molecule has 4 nitrogen and oxygen atoms in total. The van der Waals surface area contributed by atoms with Crippen LogP contribution >= 0.6 is 0 Å². The van der Waals surface area contributed by atoms with E-state index in [0.717, 1.165) is 38.9 Å². The van der Waals surface area contributed by atoms with Crippen LogP contribution in [-0.2, 0) is 0 Å². The predicted molar refractivity (Wildman–Crippen MR) is 59.9 cm³/mol. The van der Waals surface area contributed by atoms with Crippen molar-refractivity contribution in [3.63, 3.8) is 0 Å². The minimum absolute atomic E-state index is 0.405. The van der Waals surface area contributed by atoms with E-state index >= 15 is 0 Å². The maximum Gasteiger partial charge on any atom is 0.217 e. The summed E-state index contributed by atoms with van der Waals surface area (Å²) in [5, 5.41) is 7.71. The first-order valence-corrected chi connectivity index (χ1v) is 5.34. The third-order valence-electron chi connectivity index (χ3n) is 2.64. The molecule has 14 heavy (non-hydrogen) atoms. The second-order valence-electron chi connectivity index (χ2n) is 3.71. The van der Waals surface area contributed by atoms with Crippen molar-refractivity contribution in [1.82, 2.24) is 4.90 Å². The highest BCUT2D eigenvalue weighted by molar-refractivity contribution is 5.85. The van der Waals surface area contributed by atoms with Gasteiger partial charge in [-0.05, 0) is 31.7 Å². The zero-order chi connectivity index (χ0) is 10.4. The molecule has 0 bridgehead atoms. The highest BCUT2D eigenvalue weighted by Gasteiger charge is 2.19. The van der Waals surface area contributed by atoms with E-state index in [1.54, 1.807) is 6.21 Å². The van der Waals surface area contributed by atoms with Crippen molar-refractivity contribution < 1.29 is 0 Å². The Bertz CT molecular complexity index is 204. The van der Waals surface area contributed by atoms with Gasteiger partial charge in [-0.15, -0.1) is 0 Å². The average Bonchev–Trinajstić information content (AvgIpc) is 2.26. The summed E-state index contributed by atoms with van der Waals surface area (Å²) in [6, 6.07) is 0. The molecule has 3 N–H and O–H groups in total. The third kappa shape index (κ3) is 3.10. The minimum Gasteiger partial charge on any atom is -0.341 e. The fourth-order valence-corrected chi connectivity index (χ4v) is 1.64. The van der Waals surface area contributed by atoms with E-state index in [-0.39, 0.29) is 0 Å². The number of likely N-dealkylation sites (tertiary alicyclic amines) is 1. The number of nitrogens with zero attached hydrogens (tertiary/aromatic N) is 2. The molecule has 1 fully saturated rings. The number of aliphatic imine (C=N–C) groups is 1. The monoisotopic (exact) mass is 196 g/mol. The topological polar surface area (TPSA) is 65.5 Å². The number of piperidine rings is 1. The number of rotatable bonds is 2. The van der Waals surface area contributed by atoms with Gasteiger partial charge in [-0.25, -0.2) is 4.99 Å². The van der Waals surface area contributed by atoms with Gasteiger partial charge in [0.05, 0.1) is 0 Å². The van der Waals surface area contributed by atoms with Crippen molar-refractivity contribution in [2.75, 3.05) is 19.6 Å². The molecule has 1 aliphatic heterocycles. The maximum absolute atomic E-state index is 7.71. The summed E-state index contributed by atoms with van der Waals surface area (Å²) < 4.78 is 0. The smallest absolute Gasteiger partial charge is 0.217 e. The standard InChI is InChI=1S/C10H20N4/c1-2-5-13-10(12)14-6-3-9(8-11)4-7-14/h5,9,12H,2-4,6-8,11H2,1H3/b12-10?,13-5-. The van der Waals surface area contributed by atoms with Gasteiger partial charge in [0.25, 0.3) is 0 Å². The zero-order valence-corrected chi connectivity index (χ0v) is 8.87. The Hall–Kier alpha value is -0.900. The first kappa shape index (κ1) is 11.2. The Balaban J connectivity index is 2.34. The zero-order valence-electron chi connectivity index (χ0n) is 8.87. The van der Waals surface area contributed by atoms with Crippen LogP contribution in [0.15, 0.2) is 4.99 Å². The van der Waals surface area contributed by atoms with Gasteiger partial charge < -0.3 is 10.6 Å². The van der Waals surface area contributed by atoms with E-state index < -0.39 is 0 Å². The molecule has 0 aromatic rings. The van der Waals surface area contributed by atoms with E-state index in [1.807, 2.05) is 11.8 Å². The second kappa shape index (κ2) is 5.75. The van der Waals surface area contributed by atoms with Gasteiger partial charge in [0.15, 0.2) is 0 Å². The number of hydrogen-bond donors (Lipinski definition) is 2. The molecule has 1 saturated heterocycles. The van der Waals surface area contributed by atoms with Crippen LogP contribution in [0.3, 0.4) is 0 Å². The van der Waals surface area contributed by atoms with Crippen LogP contribution in [0, 0.1) is 11.3 Å². The summed E-state index contributed by atoms with van der Waals surface area (Å²) in [6.45, 7) is 4.67. The first-order chi connectivity index (χ1) is 6.77. The lowest BCUT2D eigenvalue weighted by atomic mass is 9.97. The van der Waals surface area contributed by atoms with Gasteiger partial charge >= 0.3 is 0 Å². The SMILES string of the molecule is CC/C=N\C(=N)N1CCC(CN)CC1. The van der Waals surface area contributed by atoms with Gasteiger partial charge in [-0.1, -0.05) is 6.92 Å². The Morgan fingerprint density at radius 3 is 2.71 bits per heavy atom. The molecule has 0 aliphatic carbocycles. The van der Waals surface area contributed by atoms with Gasteiger partial charge in [-0.3, -0.25) is 5.41 Å². The summed E-state index contributed by atoms with van der Waals surface area (Å²) >= 11 is 0. The van der Waals surface area contributed by atoms with E-state index in [4.69, 9.17) is 11.1 Å². The van der Waals surface area contributed by atoms with Crippen LogP contribution in [0.25, 0.3) is 0 Å². The van der Waals surface area contributed by atoms with Crippen molar-refractivity contribution in [2.45, 2.75) is 26.2 Å². The van der Waals surface area contributed by atoms with Crippen molar-refractivity contribution >= 4 is 12.2 Å². The molecule has 0 radical (unpaired) electrons. The lowest BCUT2D eigenvalue weighted by molar-refractivity contribution is 0.268. The quantitative estimate of drug-likeness (QED) is 0.512. The van der Waals surface area contributed by atoms with E-state index in [1.165, 1.54) is 0 Å². The summed E-state index contributed by atoms with van der Waals surface area (Å²) in [5.41, 5.74) is 5.60. The van der Waals surface area contributed by atoms with Gasteiger partial charge in [-0.2, -0.15) is 0 Å². The van der Waals surface area contributed by atoms with Crippen molar-refractivity contribution in [2.24, 2.45) is 16.6 Å². The van der Waals surface area contributed by atoms with Crippen molar-refractivity contribution in [3.8, 4) is 0 Å². The fourth-order valence-electron chi connectivity index (χ4n) is 1.64. The molecule has 0 atom stereocenters. The normalized spacial score (nSPS) is 19.1. The van der Waals surface area contributed by atoms with Crippen molar-refractivity contribution in [3.05, 3.63) is 0 Å². The molecule has 0 aromatic carbocycles. The molecule has 1 aliphatic rings. The van der Waals surface area contributed by atoms with E-state index in [2.05, 4.69) is 4.99 Å². The van der Waals surface area contributed by atoms with Crippen LogP contribution < -0.4 is 5.73 Å². The van der Waals surface area contributed by atoms with Gasteiger partial charge in [0.2, 0.25) is 5.96 Å². The van der Waals surface area contributed by atoms with E-state index in [9.17, 15) is 0 Å². The second-order valence-corrected chi connectivity index (χ2v) is 3.71. The molecule has 0 amide bonds. The Kier molecular flexibility index (Phi) is 4.59. The van der Waals surface area contributed by atoms with Crippen molar-refractivity contribution in [1.29, 1.82) is 5.41 Å². The maximum atomic E-state index is 7.71. The van der Waals surface area contributed by atoms with Crippen LogP contribution in [0.4, 0.5) is 0 Å². The molecule has 0 unspecified atom stereocenters. The molecule has 0 saturated carbocycles. The Morgan fingerprint density at radius 1 is 1.57 bits per heavy atom. The number of guanidine groups is 1. The average molecular weight is 196 g/mol. The summed E-state index contributed by atoms with van der Waals surface area (Å²) in [5.74, 6) is 1.05. The number of nitrogens with two attached hydrogens (primary N) is 1. The predicted octanol–water partition coefficient (Wildman–Crippen LogP) is 1.07. The van der Waals surface area contributed by atoms with Crippen LogP contribution in [0.2, 0.25) is 0 Å². The highest BCUT2D eigenvalue weighted by atomic mass is 15.2. The Morgan fingerprint density at radius 2 is 2.21 bits per heavy atom. The molecular weight excluding hydrogens is 176 g/mol. The lowest BCUT2D eigenvalue weighted by Crippen LogP contribution is -2.39. The molecule has 4 heteroatoms.